The lowest BCUT2D eigenvalue weighted by molar-refractivity contribution is -0.140. The van der Waals surface area contributed by atoms with Gasteiger partial charge in [-0.05, 0) is 18.1 Å². The number of H-pyrrole nitrogens is 1. The number of benzene rings is 1. The molecule has 1 aromatic heterocycles. The first kappa shape index (κ1) is 10.7. The topological polar surface area (TPSA) is 42.1 Å². The molecule has 16 heavy (non-hydrogen) atoms. The van der Waals surface area contributed by atoms with Gasteiger partial charge >= 0.3 is 5.97 Å². The third kappa shape index (κ3) is 1.91. The van der Waals surface area contributed by atoms with Crippen LogP contribution in [-0.4, -0.2) is 18.1 Å². The SMILES string of the molecule is COC(=O)CCc1c[nH]c2c(F)cccc12. The van der Waals surface area contributed by atoms with E-state index in [1.807, 2.05) is 6.07 Å². The molecule has 2 rings (SSSR count). The van der Waals surface area contributed by atoms with E-state index in [0.717, 1.165) is 10.9 Å². The van der Waals surface area contributed by atoms with E-state index in [9.17, 15) is 9.18 Å². The van der Waals surface area contributed by atoms with Gasteiger partial charge in [0.15, 0.2) is 0 Å². The molecule has 0 radical (unpaired) electrons. The smallest absolute Gasteiger partial charge is 0.305 e. The van der Waals surface area contributed by atoms with Crippen molar-refractivity contribution in [3.8, 4) is 0 Å². The summed E-state index contributed by atoms with van der Waals surface area (Å²) in [6, 6.07) is 4.90. The van der Waals surface area contributed by atoms with Crippen LogP contribution in [-0.2, 0) is 16.0 Å². The van der Waals surface area contributed by atoms with Crippen molar-refractivity contribution < 1.29 is 13.9 Å². The fourth-order valence-electron chi connectivity index (χ4n) is 1.72. The van der Waals surface area contributed by atoms with Crippen LogP contribution in [0.1, 0.15) is 12.0 Å². The predicted octanol–water partition coefficient (Wildman–Crippen LogP) is 2.41. The summed E-state index contributed by atoms with van der Waals surface area (Å²) in [5.41, 5.74) is 1.42. The average Bonchev–Trinajstić information content (AvgIpc) is 2.70. The van der Waals surface area contributed by atoms with Gasteiger partial charge < -0.3 is 9.72 Å². The van der Waals surface area contributed by atoms with Crippen molar-refractivity contribution >= 4 is 16.9 Å². The average molecular weight is 221 g/mol. The monoisotopic (exact) mass is 221 g/mol. The first-order valence-electron chi connectivity index (χ1n) is 5.03. The van der Waals surface area contributed by atoms with Crippen LogP contribution in [0.2, 0.25) is 0 Å². The molecule has 0 unspecified atom stereocenters. The zero-order valence-electron chi connectivity index (χ0n) is 8.92. The standard InChI is InChI=1S/C12H12FNO2/c1-16-11(15)6-5-8-7-14-12-9(8)3-2-4-10(12)13/h2-4,7,14H,5-6H2,1H3. The number of aryl methyl sites for hydroxylation is 1. The summed E-state index contributed by atoms with van der Waals surface area (Å²) in [5, 5.41) is 0.823. The molecule has 3 nitrogen and oxygen atoms in total. The summed E-state index contributed by atoms with van der Waals surface area (Å²) in [4.78, 5) is 13.9. The number of rotatable bonds is 3. The van der Waals surface area contributed by atoms with Crippen LogP contribution in [0.3, 0.4) is 0 Å². The number of nitrogens with one attached hydrogen (secondary N) is 1. The number of para-hydroxylation sites is 1. The maximum Gasteiger partial charge on any atom is 0.305 e. The Hall–Kier alpha value is -1.84. The summed E-state index contributed by atoms with van der Waals surface area (Å²) in [6.45, 7) is 0. The first-order chi connectivity index (χ1) is 7.72. The van der Waals surface area contributed by atoms with Crippen LogP contribution in [0.5, 0.6) is 0 Å². The maximum absolute atomic E-state index is 13.3. The van der Waals surface area contributed by atoms with Crippen molar-refractivity contribution in [2.45, 2.75) is 12.8 Å². The van der Waals surface area contributed by atoms with Crippen LogP contribution in [0.4, 0.5) is 4.39 Å². The van der Waals surface area contributed by atoms with Gasteiger partial charge in [0.2, 0.25) is 0 Å². The molecule has 0 aliphatic rings. The highest BCUT2D eigenvalue weighted by atomic mass is 19.1. The van der Waals surface area contributed by atoms with Gasteiger partial charge in [0, 0.05) is 18.0 Å². The quantitative estimate of drug-likeness (QED) is 0.809. The maximum atomic E-state index is 13.3. The van der Waals surface area contributed by atoms with E-state index in [4.69, 9.17) is 0 Å². The molecule has 2 aromatic rings. The zero-order chi connectivity index (χ0) is 11.5. The molecule has 0 aliphatic heterocycles. The van der Waals surface area contributed by atoms with Gasteiger partial charge in [0.25, 0.3) is 0 Å². The molecular weight excluding hydrogens is 209 g/mol. The van der Waals surface area contributed by atoms with Gasteiger partial charge in [0.05, 0.1) is 12.6 Å². The molecule has 1 heterocycles. The van der Waals surface area contributed by atoms with Gasteiger partial charge in [-0.15, -0.1) is 0 Å². The predicted molar refractivity (Wildman–Crippen MR) is 58.6 cm³/mol. The Bertz CT molecular complexity index is 519. The molecular formula is C12H12FNO2. The molecule has 0 saturated carbocycles. The molecule has 84 valence electrons. The van der Waals surface area contributed by atoms with E-state index in [0.29, 0.717) is 18.4 Å². The normalized spacial score (nSPS) is 10.6. The molecule has 1 N–H and O–H groups in total. The third-order valence-electron chi connectivity index (χ3n) is 2.58. The first-order valence-corrected chi connectivity index (χ1v) is 5.03. The highest BCUT2D eigenvalue weighted by Crippen LogP contribution is 2.21. The van der Waals surface area contributed by atoms with Crippen molar-refractivity contribution in [3.05, 3.63) is 35.8 Å². The van der Waals surface area contributed by atoms with E-state index in [2.05, 4.69) is 9.72 Å². The number of hydrogen-bond donors (Lipinski definition) is 1. The van der Waals surface area contributed by atoms with Crippen molar-refractivity contribution in [2.75, 3.05) is 7.11 Å². The number of hydrogen-bond acceptors (Lipinski definition) is 2. The summed E-state index contributed by atoms with van der Waals surface area (Å²) >= 11 is 0. The van der Waals surface area contributed by atoms with Crippen molar-refractivity contribution in [1.29, 1.82) is 0 Å². The number of aromatic nitrogens is 1. The zero-order valence-corrected chi connectivity index (χ0v) is 8.92. The molecule has 0 spiro atoms. The summed E-state index contributed by atoms with van der Waals surface area (Å²) in [7, 11) is 1.36. The minimum absolute atomic E-state index is 0.259. The molecule has 4 heteroatoms. The van der Waals surface area contributed by atoms with Gasteiger partial charge in [-0.2, -0.15) is 0 Å². The van der Waals surface area contributed by atoms with Crippen molar-refractivity contribution in [1.82, 2.24) is 4.98 Å². The number of carbonyl (C=O) groups is 1. The van der Waals surface area contributed by atoms with Gasteiger partial charge in [-0.25, -0.2) is 4.39 Å². The number of halogens is 1. The lowest BCUT2D eigenvalue weighted by Gasteiger charge is -1.98. The van der Waals surface area contributed by atoms with Gasteiger partial charge in [-0.3, -0.25) is 4.79 Å². The van der Waals surface area contributed by atoms with E-state index in [1.165, 1.54) is 13.2 Å². The number of carbonyl (C=O) groups excluding carboxylic acids is 1. The largest absolute Gasteiger partial charge is 0.469 e. The Morgan fingerprint density at radius 3 is 3.06 bits per heavy atom. The van der Waals surface area contributed by atoms with E-state index < -0.39 is 0 Å². The molecule has 0 atom stereocenters. The minimum Gasteiger partial charge on any atom is -0.469 e. The second-order valence-corrected chi connectivity index (χ2v) is 3.55. The molecule has 0 saturated heterocycles. The van der Waals surface area contributed by atoms with E-state index >= 15 is 0 Å². The number of methoxy groups -OCH3 is 1. The molecule has 1 aromatic carbocycles. The molecule has 0 fully saturated rings. The lowest BCUT2D eigenvalue weighted by atomic mass is 10.1. The van der Waals surface area contributed by atoms with Crippen LogP contribution in [0.15, 0.2) is 24.4 Å². The molecule has 0 aliphatic carbocycles. The fourth-order valence-corrected chi connectivity index (χ4v) is 1.72. The molecule has 0 amide bonds. The Morgan fingerprint density at radius 1 is 1.50 bits per heavy atom. The summed E-state index contributed by atoms with van der Waals surface area (Å²) in [5.74, 6) is -0.535. The Labute approximate surface area is 92.2 Å². The second kappa shape index (κ2) is 4.35. The number of ether oxygens (including phenoxy) is 1. The van der Waals surface area contributed by atoms with Crippen LogP contribution < -0.4 is 0 Å². The highest BCUT2D eigenvalue weighted by molar-refractivity contribution is 5.84. The van der Waals surface area contributed by atoms with E-state index in [-0.39, 0.29) is 11.8 Å². The Morgan fingerprint density at radius 2 is 2.31 bits per heavy atom. The van der Waals surface area contributed by atoms with Crippen LogP contribution >= 0.6 is 0 Å². The second-order valence-electron chi connectivity index (χ2n) is 3.55. The summed E-state index contributed by atoms with van der Waals surface area (Å²) in [6.07, 6.45) is 2.59. The van der Waals surface area contributed by atoms with Crippen molar-refractivity contribution in [3.63, 3.8) is 0 Å². The number of esters is 1. The van der Waals surface area contributed by atoms with Crippen LogP contribution in [0, 0.1) is 5.82 Å². The van der Waals surface area contributed by atoms with Gasteiger partial charge in [-0.1, -0.05) is 12.1 Å². The van der Waals surface area contributed by atoms with Gasteiger partial charge in [0.1, 0.15) is 5.82 Å². The highest BCUT2D eigenvalue weighted by Gasteiger charge is 2.08. The molecule has 0 bridgehead atoms. The van der Waals surface area contributed by atoms with Crippen LogP contribution in [0.25, 0.3) is 10.9 Å². The Balaban J connectivity index is 2.25. The summed E-state index contributed by atoms with van der Waals surface area (Å²) < 4.78 is 17.9. The fraction of sp³-hybridized carbons (Fsp3) is 0.250. The lowest BCUT2D eigenvalue weighted by Crippen LogP contribution is -2.01. The van der Waals surface area contributed by atoms with Crippen molar-refractivity contribution in [2.24, 2.45) is 0 Å². The third-order valence-corrected chi connectivity index (χ3v) is 2.58. The number of aromatic amines is 1. The number of fused-ring (bicyclic) bond motifs is 1. The minimum atomic E-state index is -0.276. The van der Waals surface area contributed by atoms with E-state index in [1.54, 1.807) is 12.3 Å². The Kier molecular flexibility index (Phi) is 2.90.